The Morgan fingerprint density at radius 1 is 1.08 bits per heavy atom. The number of benzene rings is 1. The minimum absolute atomic E-state index is 0.740. The van der Waals surface area contributed by atoms with E-state index in [9.17, 15) is 0 Å². The van der Waals surface area contributed by atoms with Gasteiger partial charge in [-0.2, -0.15) is 0 Å². The van der Waals surface area contributed by atoms with E-state index in [-0.39, 0.29) is 0 Å². The lowest BCUT2D eigenvalue weighted by atomic mass is 10.2. The molecule has 0 aliphatic carbocycles. The number of aliphatic imine (C=N–C) groups is 1. The maximum atomic E-state index is 4.63. The van der Waals surface area contributed by atoms with E-state index in [0.29, 0.717) is 0 Å². The Labute approximate surface area is 149 Å². The van der Waals surface area contributed by atoms with E-state index in [1.807, 2.05) is 0 Å². The van der Waals surface area contributed by atoms with E-state index >= 15 is 0 Å². The summed E-state index contributed by atoms with van der Waals surface area (Å²) in [4.78, 5) is 8.22. The number of rotatable bonds is 9. The molecule has 2 N–H and O–H groups in total. The van der Waals surface area contributed by atoms with Crippen LogP contribution in [0.25, 0.3) is 0 Å². The molecule has 0 fully saturated rings. The summed E-state index contributed by atoms with van der Waals surface area (Å²) in [6.45, 7) is 5.72. The molecule has 130 valence electrons. The van der Waals surface area contributed by atoms with Crippen molar-refractivity contribution in [3.05, 3.63) is 52.7 Å². The number of nitrogens with zero attached hydrogens (tertiary/aromatic N) is 2. The van der Waals surface area contributed by atoms with Crippen molar-refractivity contribution in [1.29, 1.82) is 0 Å². The molecule has 2 aromatic rings. The van der Waals surface area contributed by atoms with Crippen molar-refractivity contribution < 1.29 is 0 Å². The maximum absolute atomic E-state index is 4.63. The summed E-state index contributed by atoms with van der Waals surface area (Å²) < 4.78 is 0. The highest BCUT2D eigenvalue weighted by Crippen LogP contribution is 2.11. The van der Waals surface area contributed by atoms with Gasteiger partial charge in [-0.3, -0.25) is 0 Å². The zero-order chi connectivity index (χ0) is 17.0. The smallest absolute Gasteiger partial charge is 0.191 e. The van der Waals surface area contributed by atoms with Gasteiger partial charge in [0.1, 0.15) is 0 Å². The van der Waals surface area contributed by atoms with Crippen molar-refractivity contribution in [2.75, 3.05) is 31.6 Å². The Balaban J connectivity index is 1.66. The molecule has 0 radical (unpaired) electrons. The van der Waals surface area contributed by atoms with E-state index in [0.717, 1.165) is 45.0 Å². The fraction of sp³-hybridized carbons (Fsp3) is 0.421. The molecule has 1 aromatic carbocycles. The molecule has 24 heavy (non-hydrogen) atoms. The van der Waals surface area contributed by atoms with E-state index in [4.69, 9.17) is 0 Å². The third kappa shape index (κ3) is 6.62. The van der Waals surface area contributed by atoms with Crippen LogP contribution in [0.5, 0.6) is 0 Å². The Kier molecular flexibility index (Phi) is 8.18. The molecular weight excluding hydrogens is 316 g/mol. The van der Waals surface area contributed by atoms with Gasteiger partial charge < -0.3 is 15.5 Å². The van der Waals surface area contributed by atoms with Gasteiger partial charge in [-0.15, -0.1) is 11.3 Å². The third-order valence-corrected chi connectivity index (χ3v) is 4.59. The third-order valence-electron chi connectivity index (χ3n) is 3.73. The molecule has 0 bridgehead atoms. The van der Waals surface area contributed by atoms with Gasteiger partial charge in [0.2, 0.25) is 0 Å². The van der Waals surface area contributed by atoms with Crippen LogP contribution in [-0.2, 0) is 6.54 Å². The second-order valence-corrected chi connectivity index (χ2v) is 6.70. The molecule has 0 saturated carbocycles. The predicted molar refractivity (Wildman–Crippen MR) is 106 cm³/mol. The largest absolute Gasteiger partial charge is 0.375 e. The van der Waals surface area contributed by atoms with Crippen molar-refractivity contribution in [3.8, 4) is 0 Å². The van der Waals surface area contributed by atoms with Crippen LogP contribution in [0.15, 0.2) is 52.8 Å². The summed E-state index contributed by atoms with van der Waals surface area (Å²) in [5, 5.41) is 8.82. The maximum Gasteiger partial charge on any atom is 0.191 e. The van der Waals surface area contributed by atoms with Gasteiger partial charge in [0.15, 0.2) is 5.96 Å². The molecule has 4 nitrogen and oxygen atoms in total. The number of hydrogen-bond donors (Lipinski definition) is 2. The molecule has 2 rings (SSSR count). The molecule has 0 atom stereocenters. The summed E-state index contributed by atoms with van der Waals surface area (Å²) >= 11 is 1.75. The monoisotopic (exact) mass is 344 g/mol. The van der Waals surface area contributed by atoms with E-state index in [1.165, 1.54) is 10.6 Å². The van der Waals surface area contributed by atoms with Crippen LogP contribution in [0, 0.1) is 0 Å². The normalized spacial score (nSPS) is 11.3. The summed E-state index contributed by atoms with van der Waals surface area (Å²) in [6, 6.07) is 14.7. The Morgan fingerprint density at radius 3 is 2.62 bits per heavy atom. The molecular formula is C19H28N4S. The minimum Gasteiger partial charge on any atom is -0.375 e. The number of nitrogens with one attached hydrogen (secondary N) is 2. The molecule has 0 aliphatic rings. The highest BCUT2D eigenvalue weighted by Gasteiger charge is 2.01. The van der Waals surface area contributed by atoms with Crippen molar-refractivity contribution in [2.24, 2.45) is 4.99 Å². The molecule has 5 heteroatoms. The first-order chi connectivity index (χ1) is 11.8. The van der Waals surface area contributed by atoms with Crippen LogP contribution in [0.2, 0.25) is 0 Å². The van der Waals surface area contributed by atoms with Crippen molar-refractivity contribution in [2.45, 2.75) is 26.3 Å². The van der Waals surface area contributed by atoms with Gasteiger partial charge in [-0.25, -0.2) is 4.99 Å². The molecule has 1 aromatic heterocycles. The Bertz CT molecular complexity index is 581. The zero-order valence-electron chi connectivity index (χ0n) is 14.7. The van der Waals surface area contributed by atoms with Crippen LogP contribution >= 0.6 is 11.3 Å². The van der Waals surface area contributed by atoms with Crippen LogP contribution in [0.3, 0.4) is 0 Å². The molecule has 0 saturated heterocycles. The first-order valence-electron chi connectivity index (χ1n) is 8.60. The van der Waals surface area contributed by atoms with Crippen LogP contribution in [0.1, 0.15) is 24.6 Å². The molecule has 0 unspecified atom stereocenters. The summed E-state index contributed by atoms with van der Waals surface area (Å²) in [5.41, 5.74) is 1.27. The molecule has 0 spiro atoms. The number of para-hydroxylation sites is 1. The number of thiophene rings is 1. The first kappa shape index (κ1) is 18.3. The average Bonchev–Trinajstić information content (AvgIpc) is 3.13. The average molecular weight is 345 g/mol. The lowest BCUT2D eigenvalue weighted by Crippen LogP contribution is -2.37. The number of anilines is 1. The first-order valence-corrected chi connectivity index (χ1v) is 9.48. The van der Waals surface area contributed by atoms with E-state index < -0.39 is 0 Å². The van der Waals surface area contributed by atoms with Crippen molar-refractivity contribution in [3.63, 3.8) is 0 Å². The fourth-order valence-electron chi connectivity index (χ4n) is 2.39. The molecule has 0 aliphatic heterocycles. The summed E-state index contributed by atoms with van der Waals surface area (Å²) in [5.74, 6) is 0.905. The highest BCUT2D eigenvalue weighted by atomic mass is 32.1. The standard InChI is InChI=1S/C19H28N4S/c1-3-20-19(22-16-18-12-9-15-24-18)21-13-7-8-14-23(2)17-10-5-4-6-11-17/h4-6,9-12,15H,3,7-8,13-14,16H2,1-2H3,(H2,20,21,22). The minimum atomic E-state index is 0.740. The van der Waals surface area contributed by atoms with Crippen molar-refractivity contribution >= 4 is 23.0 Å². The van der Waals surface area contributed by atoms with Gasteiger partial charge in [-0.1, -0.05) is 24.3 Å². The topological polar surface area (TPSA) is 39.7 Å². The SMILES string of the molecule is CCNC(=NCc1cccs1)NCCCCN(C)c1ccccc1. The van der Waals surface area contributed by atoms with Gasteiger partial charge in [0.05, 0.1) is 6.54 Å². The zero-order valence-corrected chi connectivity index (χ0v) is 15.5. The molecule has 1 heterocycles. The second-order valence-electron chi connectivity index (χ2n) is 5.67. The van der Waals surface area contributed by atoms with Crippen LogP contribution < -0.4 is 15.5 Å². The predicted octanol–water partition coefficient (Wildman–Crippen LogP) is 3.72. The fourth-order valence-corrected chi connectivity index (χ4v) is 3.02. The number of guanidine groups is 1. The lowest BCUT2D eigenvalue weighted by Gasteiger charge is -2.19. The quantitative estimate of drug-likeness (QED) is 0.414. The van der Waals surface area contributed by atoms with Crippen LogP contribution in [0.4, 0.5) is 5.69 Å². The van der Waals surface area contributed by atoms with Crippen LogP contribution in [-0.4, -0.2) is 32.6 Å². The number of hydrogen-bond acceptors (Lipinski definition) is 3. The van der Waals surface area contributed by atoms with E-state index in [1.54, 1.807) is 11.3 Å². The highest BCUT2D eigenvalue weighted by molar-refractivity contribution is 7.09. The Hall–Kier alpha value is -2.01. The summed E-state index contributed by atoms with van der Waals surface area (Å²) in [6.07, 6.45) is 2.28. The van der Waals surface area contributed by atoms with Gasteiger partial charge >= 0.3 is 0 Å². The van der Waals surface area contributed by atoms with Crippen molar-refractivity contribution in [1.82, 2.24) is 10.6 Å². The van der Waals surface area contributed by atoms with Gasteiger partial charge in [-0.05, 0) is 43.3 Å². The van der Waals surface area contributed by atoms with E-state index in [2.05, 4.69) is 82.3 Å². The second kappa shape index (κ2) is 10.7. The Morgan fingerprint density at radius 2 is 1.92 bits per heavy atom. The number of unbranched alkanes of at least 4 members (excludes halogenated alkanes) is 1. The lowest BCUT2D eigenvalue weighted by molar-refractivity contribution is 0.687. The summed E-state index contributed by atoms with van der Waals surface area (Å²) in [7, 11) is 2.15. The van der Waals surface area contributed by atoms with Gasteiger partial charge in [0.25, 0.3) is 0 Å². The molecule has 0 amide bonds. The van der Waals surface area contributed by atoms with Gasteiger partial charge in [0, 0.05) is 37.2 Å².